The van der Waals surface area contributed by atoms with E-state index in [1.165, 1.54) is 0 Å². The van der Waals surface area contributed by atoms with E-state index < -0.39 is 0 Å². The Bertz CT molecular complexity index is 280. The highest BCUT2D eigenvalue weighted by Gasteiger charge is 2.42. The lowest BCUT2D eigenvalue weighted by molar-refractivity contribution is -0.147. The standard InChI is InChI=1S/C10H17N3O2/c11-5-1-3-7-10(15)13-6-2-4-8(13)9(14)12-7/h7-8H,1-6,11H2,(H,12,14). The van der Waals surface area contributed by atoms with Crippen molar-refractivity contribution in [3.05, 3.63) is 0 Å². The third kappa shape index (κ3) is 1.84. The van der Waals surface area contributed by atoms with E-state index in [0.29, 0.717) is 13.0 Å². The van der Waals surface area contributed by atoms with Gasteiger partial charge in [0, 0.05) is 6.54 Å². The van der Waals surface area contributed by atoms with Crippen LogP contribution in [0.4, 0.5) is 0 Å². The van der Waals surface area contributed by atoms with E-state index in [1.54, 1.807) is 4.90 Å². The molecule has 2 unspecified atom stereocenters. The van der Waals surface area contributed by atoms with Crippen molar-refractivity contribution in [2.24, 2.45) is 5.73 Å². The Morgan fingerprint density at radius 3 is 3.00 bits per heavy atom. The Morgan fingerprint density at radius 1 is 1.47 bits per heavy atom. The Morgan fingerprint density at radius 2 is 2.27 bits per heavy atom. The fourth-order valence-electron chi connectivity index (χ4n) is 2.35. The van der Waals surface area contributed by atoms with Crippen LogP contribution in [0.5, 0.6) is 0 Å². The van der Waals surface area contributed by atoms with Gasteiger partial charge in [-0.1, -0.05) is 0 Å². The molecule has 2 heterocycles. The summed E-state index contributed by atoms with van der Waals surface area (Å²) in [4.78, 5) is 25.3. The van der Waals surface area contributed by atoms with E-state index >= 15 is 0 Å². The summed E-state index contributed by atoms with van der Waals surface area (Å²) in [5, 5.41) is 2.79. The number of hydrogen-bond acceptors (Lipinski definition) is 3. The molecule has 2 aliphatic rings. The van der Waals surface area contributed by atoms with E-state index in [1.807, 2.05) is 0 Å². The first kappa shape index (κ1) is 10.4. The van der Waals surface area contributed by atoms with Crippen molar-refractivity contribution >= 4 is 11.8 Å². The van der Waals surface area contributed by atoms with Crippen LogP contribution < -0.4 is 11.1 Å². The summed E-state index contributed by atoms with van der Waals surface area (Å²) >= 11 is 0. The van der Waals surface area contributed by atoms with E-state index in [-0.39, 0.29) is 23.9 Å². The molecule has 5 nitrogen and oxygen atoms in total. The SMILES string of the molecule is NCCCC1NC(=O)C2CCCN2C1=O. The molecule has 0 radical (unpaired) electrons. The summed E-state index contributed by atoms with van der Waals surface area (Å²) in [6.45, 7) is 1.29. The molecule has 0 aliphatic carbocycles. The van der Waals surface area contributed by atoms with Crippen LogP contribution in [0.3, 0.4) is 0 Å². The smallest absolute Gasteiger partial charge is 0.245 e. The Hall–Kier alpha value is -1.10. The predicted octanol–water partition coefficient (Wildman–Crippen LogP) is -0.785. The Labute approximate surface area is 89.0 Å². The van der Waals surface area contributed by atoms with Crippen molar-refractivity contribution in [3.63, 3.8) is 0 Å². The van der Waals surface area contributed by atoms with Crippen LogP contribution >= 0.6 is 0 Å². The van der Waals surface area contributed by atoms with Gasteiger partial charge in [0.15, 0.2) is 0 Å². The highest BCUT2D eigenvalue weighted by molar-refractivity contribution is 5.97. The lowest BCUT2D eigenvalue weighted by Gasteiger charge is -2.34. The largest absolute Gasteiger partial charge is 0.343 e. The highest BCUT2D eigenvalue weighted by atomic mass is 16.2. The average Bonchev–Trinajstić information content (AvgIpc) is 2.70. The molecule has 0 aromatic heterocycles. The van der Waals surface area contributed by atoms with Crippen LogP contribution in [0.1, 0.15) is 25.7 Å². The molecule has 0 saturated carbocycles. The zero-order chi connectivity index (χ0) is 10.8. The summed E-state index contributed by atoms with van der Waals surface area (Å²) in [6, 6.07) is -0.540. The van der Waals surface area contributed by atoms with Crippen LogP contribution in [-0.4, -0.2) is 41.9 Å². The molecular formula is C10H17N3O2. The van der Waals surface area contributed by atoms with Crippen molar-refractivity contribution in [1.82, 2.24) is 10.2 Å². The molecule has 2 aliphatic heterocycles. The number of fused-ring (bicyclic) bond motifs is 1. The van der Waals surface area contributed by atoms with Crippen molar-refractivity contribution in [2.45, 2.75) is 37.8 Å². The average molecular weight is 211 g/mol. The molecule has 2 amide bonds. The molecule has 2 atom stereocenters. The molecule has 2 saturated heterocycles. The van der Waals surface area contributed by atoms with Gasteiger partial charge in [-0.05, 0) is 32.2 Å². The first-order valence-electron chi connectivity index (χ1n) is 5.55. The van der Waals surface area contributed by atoms with Gasteiger partial charge in [-0.15, -0.1) is 0 Å². The Balaban J connectivity index is 2.03. The molecule has 84 valence electrons. The monoisotopic (exact) mass is 211 g/mol. The molecular weight excluding hydrogens is 194 g/mol. The minimum Gasteiger partial charge on any atom is -0.343 e. The van der Waals surface area contributed by atoms with Gasteiger partial charge in [-0.3, -0.25) is 9.59 Å². The van der Waals surface area contributed by atoms with Gasteiger partial charge in [-0.25, -0.2) is 0 Å². The third-order valence-corrected chi connectivity index (χ3v) is 3.15. The maximum absolute atomic E-state index is 11.9. The predicted molar refractivity (Wildman–Crippen MR) is 55.0 cm³/mol. The maximum Gasteiger partial charge on any atom is 0.245 e. The number of piperazine rings is 1. The molecule has 0 bridgehead atoms. The molecule has 2 rings (SSSR count). The number of carbonyl (C=O) groups is 2. The second-order valence-corrected chi connectivity index (χ2v) is 4.18. The maximum atomic E-state index is 11.9. The summed E-state index contributed by atoms with van der Waals surface area (Å²) in [5.74, 6) is 0.0830. The minimum absolute atomic E-state index is 0.00845. The second-order valence-electron chi connectivity index (χ2n) is 4.18. The third-order valence-electron chi connectivity index (χ3n) is 3.15. The van der Waals surface area contributed by atoms with Crippen molar-refractivity contribution in [2.75, 3.05) is 13.1 Å². The number of carbonyl (C=O) groups excluding carboxylic acids is 2. The van der Waals surface area contributed by atoms with Gasteiger partial charge in [0.25, 0.3) is 0 Å². The van der Waals surface area contributed by atoms with Crippen molar-refractivity contribution in [3.8, 4) is 0 Å². The molecule has 0 spiro atoms. The van der Waals surface area contributed by atoms with Crippen molar-refractivity contribution < 1.29 is 9.59 Å². The number of hydrogen-bond donors (Lipinski definition) is 2. The highest BCUT2D eigenvalue weighted by Crippen LogP contribution is 2.22. The lowest BCUT2D eigenvalue weighted by Crippen LogP contribution is -2.61. The minimum atomic E-state index is -0.338. The van der Waals surface area contributed by atoms with Crippen LogP contribution in [0.25, 0.3) is 0 Å². The zero-order valence-electron chi connectivity index (χ0n) is 8.74. The molecule has 0 aromatic carbocycles. The number of nitrogens with zero attached hydrogens (tertiary/aromatic N) is 1. The number of nitrogens with one attached hydrogen (secondary N) is 1. The van der Waals surface area contributed by atoms with E-state index in [9.17, 15) is 9.59 Å². The normalized spacial score (nSPS) is 30.3. The molecule has 3 N–H and O–H groups in total. The quantitative estimate of drug-likeness (QED) is 0.642. The zero-order valence-corrected chi connectivity index (χ0v) is 8.74. The summed E-state index contributed by atoms with van der Waals surface area (Å²) in [7, 11) is 0. The first-order chi connectivity index (χ1) is 7.24. The summed E-state index contributed by atoms with van der Waals surface area (Å²) in [5.41, 5.74) is 5.39. The van der Waals surface area contributed by atoms with Gasteiger partial charge in [-0.2, -0.15) is 0 Å². The fourth-order valence-corrected chi connectivity index (χ4v) is 2.35. The van der Waals surface area contributed by atoms with Gasteiger partial charge < -0.3 is 16.0 Å². The van der Waals surface area contributed by atoms with E-state index in [2.05, 4.69) is 5.32 Å². The van der Waals surface area contributed by atoms with Gasteiger partial charge in [0.05, 0.1) is 0 Å². The number of rotatable bonds is 3. The Kier molecular flexibility index (Phi) is 2.90. The number of nitrogens with two attached hydrogens (primary N) is 1. The molecule has 15 heavy (non-hydrogen) atoms. The van der Waals surface area contributed by atoms with E-state index in [0.717, 1.165) is 25.8 Å². The van der Waals surface area contributed by atoms with Gasteiger partial charge in [0.2, 0.25) is 11.8 Å². The van der Waals surface area contributed by atoms with Crippen LogP contribution in [0.15, 0.2) is 0 Å². The number of amides is 2. The second kappa shape index (κ2) is 4.18. The lowest BCUT2D eigenvalue weighted by atomic mass is 10.0. The van der Waals surface area contributed by atoms with Gasteiger partial charge in [0.1, 0.15) is 12.1 Å². The van der Waals surface area contributed by atoms with Gasteiger partial charge >= 0.3 is 0 Å². The fraction of sp³-hybridized carbons (Fsp3) is 0.800. The molecule has 0 aromatic rings. The summed E-state index contributed by atoms with van der Waals surface area (Å²) < 4.78 is 0. The van der Waals surface area contributed by atoms with Crippen LogP contribution in [0.2, 0.25) is 0 Å². The molecule has 5 heteroatoms. The molecule has 2 fully saturated rings. The van der Waals surface area contributed by atoms with Crippen molar-refractivity contribution in [1.29, 1.82) is 0 Å². The van der Waals surface area contributed by atoms with Crippen LogP contribution in [0, 0.1) is 0 Å². The van der Waals surface area contributed by atoms with Crippen LogP contribution in [-0.2, 0) is 9.59 Å². The summed E-state index contributed by atoms with van der Waals surface area (Å²) in [6.07, 6.45) is 3.17. The van der Waals surface area contributed by atoms with E-state index in [4.69, 9.17) is 5.73 Å². The first-order valence-corrected chi connectivity index (χ1v) is 5.55. The topological polar surface area (TPSA) is 75.4 Å².